The fourth-order valence-corrected chi connectivity index (χ4v) is 5.14. The van der Waals surface area contributed by atoms with E-state index in [1.165, 1.54) is 32.2 Å². The minimum absolute atomic E-state index is 0.0332. The van der Waals surface area contributed by atoms with E-state index in [1.54, 1.807) is 4.52 Å². The Labute approximate surface area is 170 Å². The van der Waals surface area contributed by atoms with Crippen LogP contribution in [0.1, 0.15) is 67.9 Å². The summed E-state index contributed by atoms with van der Waals surface area (Å²) in [5.74, 6) is 1.27. The predicted molar refractivity (Wildman–Crippen MR) is 109 cm³/mol. The van der Waals surface area contributed by atoms with Gasteiger partial charge in [-0.15, -0.1) is 0 Å². The number of piperidine rings is 1. The summed E-state index contributed by atoms with van der Waals surface area (Å²) in [5.41, 5.74) is 3.37. The van der Waals surface area contributed by atoms with E-state index in [4.69, 9.17) is 4.98 Å². The minimum Gasteiger partial charge on any atom is -0.337 e. The van der Waals surface area contributed by atoms with Gasteiger partial charge in [0, 0.05) is 31.5 Å². The second-order valence-electron chi connectivity index (χ2n) is 9.48. The topological polar surface area (TPSA) is 73.7 Å². The van der Waals surface area contributed by atoms with Gasteiger partial charge in [-0.05, 0) is 51.0 Å². The highest BCUT2D eigenvalue weighted by atomic mass is 16.2. The van der Waals surface area contributed by atoms with Gasteiger partial charge in [-0.25, -0.2) is 9.50 Å². The van der Waals surface area contributed by atoms with Crippen molar-refractivity contribution in [1.82, 2.24) is 24.4 Å². The van der Waals surface area contributed by atoms with Gasteiger partial charge in [0.25, 0.3) is 5.56 Å². The molecule has 4 heterocycles. The predicted octanol–water partition coefficient (Wildman–Crippen LogP) is 2.25. The third-order valence-electron chi connectivity index (χ3n) is 7.18. The van der Waals surface area contributed by atoms with Crippen molar-refractivity contribution in [2.45, 2.75) is 64.0 Å². The number of aromatic nitrogens is 3. The second-order valence-corrected chi connectivity index (χ2v) is 9.48. The Morgan fingerprint density at radius 2 is 2.00 bits per heavy atom. The average Bonchev–Trinajstić information content (AvgIpc) is 3.66. The van der Waals surface area contributed by atoms with Gasteiger partial charge < -0.3 is 4.90 Å². The van der Waals surface area contributed by atoms with Crippen molar-refractivity contribution in [3.63, 3.8) is 0 Å². The molecule has 2 aromatic heterocycles. The van der Waals surface area contributed by atoms with E-state index in [0.717, 1.165) is 48.8 Å². The fraction of sp³-hybridized carbons (Fsp3) is 0.682. The van der Waals surface area contributed by atoms with Crippen molar-refractivity contribution in [3.8, 4) is 0 Å². The van der Waals surface area contributed by atoms with Gasteiger partial charge >= 0.3 is 0 Å². The van der Waals surface area contributed by atoms with Gasteiger partial charge in [0.05, 0.1) is 29.5 Å². The first kappa shape index (κ1) is 17.7. The van der Waals surface area contributed by atoms with Crippen LogP contribution in [0.3, 0.4) is 0 Å². The first-order chi connectivity index (χ1) is 14.2. The van der Waals surface area contributed by atoms with Gasteiger partial charge in [-0.3, -0.25) is 19.6 Å². The summed E-state index contributed by atoms with van der Waals surface area (Å²) in [7, 11) is 0. The van der Waals surface area contributed by atoms with Crippen molar-refractivity contribution in [2.75, 3.05) is 19.6 Å². The molecule has 1 atom stereocenters. The van der Waals surface area contributed by atoms with Crippen LogP contribution in [-0.4, -0.2) is 49.9 Å². The van der Waals surface area contributed by atoms with Crippen LogP contribution in [0, 0.1) is 11.8 Å². The Bertz CT molecular complexity index is 1020. The van der Waals surface area contributed by atoms with E-state index in [2.05, 4.69) is 16.1 Å². The Hall–Kier alpha value is -2.15. The summed E-state index contributed by atoms with van der Waals surface area (Å²) in [6.07, 6.45) is 9.03. The molecule has 29 heavy (non-hydrogen) atoms. The molecule has 0 bridgehead atoms. The summed E-state index contributed by atoms with van der Waals surface area (Å²) in [6.45, 7) is 3.41. The van der Waals surface area contributed by atoms with Crippen molar-refractivity contribution in [3.05, 3.63) is 33.4 Å². The maximum Gasteiger partial charge on any atom is 0.277 e. The number of hydrogen-bond acceptors (Lipinski definition) is 4. The third kappa shape index (κ3) is 3.19. The summed E-state index contributed by atoms with van der Waals surface area (Å²) < 4.78 is 1.61. The number of nitrogens with one attached hydrogen (secondary N) is 1. The van der Waals surface area contributed by atoms with Crippen LogP contribution >= 0.6 is 0 Å². The molecular weight excluding hydrogens is 366 g/mol. The fourth-order valence-electron chi connectivity index (χ4n) is 5.14. The van der Waals surface area contributed by atoms with E-state index < -0.39 is 0 Å². The number of rotatable bonds is 4. The smallest absolute Gasteiger partial charge is 0.277 e. The van der Waals surface area contributed by atoms with Gasteiger partial charge in [0.1, 0.15) is 0 Å². The lowest BCUT2D eigenvalue weighted by atomic mass is 9.99. The van der Waals surface area contributed by atoms with Crippen LogP contribution in [-0.2, 0) is 17.8 Å². The highest BCUT2D eigenvalue weighted by Crippen LogP contribution is 2.37. The van der Waals surface area contributed by atoms with Gasteiger partial charge in [0.2, 0.25) is 5.91 Å². The molecule has 2 aliphatic heterocycles. The van der Waals surface area contributed by atoms with Crippen molar-refractivity contribution in [2.24, 2.45) is 11.8 Å². The van der Waals surface area contributed by atoms with Crippen LogP contribution in [0.2, 0.25) is 0 Å². The number of amides is 1. The molecule has 4 aliphatic rings. The Morgan fingerprint density at radius 1 is 1.14 bits per heavy atom. The summed E-state index contributed by atoms with van der Waals surface area (Å²) in [4.78, 5) is 35.0. The van der Waals surface area contributed by atoms with E-state index in [0.29, 0.717) is 31.1 Å². The molecule has 7 nitrogen and oxygen atoms in total. The molecule has 1 amide bonds. The average molecular weight is 396 g/mol. The Balaban J connectivity index is 1.32. The molecule has 6 rings (SSSR count). The van der Waals surface area contributed by atoms with Gasteiger partial charge in [-0.2, -0.15) is 0 Å². The normalized spacial score (nSPS) is 25.4. The molecule has 0 unspecified atom stereocenters. The number of nitrogens with zero attached hydrogens (tertiary/aromatic N) is 4. The first-order valence-corrected chi connectivity index (χ1v) is 11.3. The first-order valence-electron chi connectivity index (χ1n) is 11.3. The van der Waals surface area contributed by atoms with E-state index in [1.807, 2.05) is 4.90 Å². The Kier molecular flexibility index (Phi) is 4.08. The third-order valence-corrected chi connectivity index (χ3v) is 7.18. The number of hydrogen-bond donors (Lipinski definition) is 1. The van der Waals surface area contributed by atoms with Crippen molar-refractivity contribution >= 4 is 11.6 Å². The van der Waals surface area contributed by atoms with Crippen LogP contribution < -0.4 is 5.56 Å². The number of carbonyl (C=O) groups excluding carboxylic acids is 1. The van der Waals surface area contributed by atoms with Crippen LogP contribution in [0.5, 0.6) is 0 Å². The zero-order valence-electron chi connectivity index (χ0n) is 16.9. The summed E-state index contributed by atoms with van der Waals surface area (Å²) >= 11 is 0. The molecule has 2 saturated carbocycles. The molecule has 3 fully saturated rings. The number of H-pyrrole nitrogens is 1. The number of likely N-dealkylation sites (tertiary alicyclic amines) is 1. The largest absolute Gasteiger partial charge is 0.337 e. The summed E-state index contributed by atoms with van der Waals surface area (Å²) in [6, 6.07) is 2.44. The Morgan fingerprint density at radius 3 is 2.79 bits per heavy atom. The van der Waals surface area contributed by atoms with Crippen LogP contribution in [0.25, 0.3) is 5.65 Å². The van der Waals surface area contributed by atoms with E-state index >= 15 is 0 Å². The lowest BCUT2D eigenvalue weighted by Gasteiger charge is -2.35. The molecule has 1 N–H and O–H groups in total. The van der Waals surface area contributed by atoms with E-state index in [9.17, 15) is 9.59 Å². The maximum absolute atomic E-state index is 13.2. The van der Waals surface area contributed by atoms with Crippen LogP contribution in [0.15, 0.2) is 10.9 Å². The monoisotopic (exact) mass is 395 g/mol. The van der Waals surface area contributed by atoms with Gasteiger partial charge in [0.15, 0.2) is 5.65 Å². The quantitative estimate of drug-likeness (QED) is 0.862. The molecular formula is C22H29N5O2. The van der Waals surface area contributed by atoms with Gasteiger partial charge in [-0.1, -0.05) is 6.42 Å². The lowest BCUT2D eigenvalue weighted by Crippen LogP contribution is -2.41. The highest BCUT2D eigenvalue weighted by molar-refractivity contribution is 5.81. The summed E-state index contributed by atoms with van der Waals surface area (Å²) in [5, 5.41) is 3.38. The second kappa shape index (κ2) is 6.69. The van der Waals surface area contributed by atoms with Crippen molar-refractivity contribution < 1.29 is 4.79 Å². The zero-order chi connectivity index (χ0) is 19.5. The number of carbonyl (C=O) groups is 1. The number of aromatic amines is 1. The molecule has 1 saturated heterocycles. The highest BCUT2D eigenvalue weighted by Gasteiger charge is 2.36. The maximum atomic E-state index is 13.2. The molecule has 0 spiro atoms. The molecule has 2 aromatic rings. The van der Waals surface area contributed by atoms with Crippen LogP contribution in [0.4, 0.5) is 0 Å². The molecule has 7 heteroatoms. The van der Waals surface area contributed by atoms with Crippen molar-refractivity contribution in [1.29, 1.82) is 0 Å². The molecule has 2 aliphatic carbocycles. The number of fused-ring (bicyclic) bond motifs is 2. The molecule has 0 radical (unpaired) electrons. The standard InChI is InChI=1S/C22H29N5O2/c28-21(15-6-7-15)26-10-8-17-16(13-26)22(29)27-20(23-17)11-18(24-27)19-3-1-2-9-25(19)12-14-4-5-14/h11,14-15,19,24H,1-10,12-13H2/t19-/m1/s1. The minimum atomic E-state index is -0.0332. The lowest BCUT2D eigenvalue weighted by molar-refractivity contribution is -0.133. The molecule has 0 aromatic carbocycles. The SMILES string of the molecule is O=C(C1CC1)N1CCc2nc3cc([C@H]4CCCCN4CC4CC4)[nH]n3c(=O)c2C1. The zero-order valence-corrected chi connectivity index (χ0v) is 16.9. The van der Waals surface area contributed by atoms with E-state index in [-0.39, 0.29) is 17.4 Å². The molecule has 154 valence electrons.